The average Bonchev–Trinajstić information content (AvgIpc) is 3.25. The minimum absolute atomic E-state index is 0.202. The predicted octanol–water partition coefficient (Wildman–Crippen LogP) is 5.26. The second-order valence-electron chi connectivity index (χ2n) is 10.4. The molecule has 1 amide bonds. The van der Waals surface area contributed by atoms with Crippen molar-refractivity contribution in [2.45, 2.75) is 52.1 Å². The summed E-state index contributed by atoms with van der Waals surface area (Å²) in [5, 5.41) is 3.48. The highest BCUT2D eigenvalue weighted by molar-refractivity contribution is 7.89. The number of fused-ring (bicyclic) bond motifs is 1. The Morgan fingerprint density at radius 3 is 2.30 bits per heavy atom. The standard InChI is InChI=1S/C28H36N4O3S2/c1-20(2)16-32(17-21(3)4)37(34,35)24-12-10-23(11-13-24)27(33)30-28-29-25-14-15-31(19-26(25)36-28)18-22-8-6-5-7-9-22/h5-13,20-21H,14-19H2,1-4H3,(H,29,30,33). The van der Waals surface area contributed by atoms with Gasteiger partial charge in [-0.3, -0.25) is 15.0 Å². The van der Waals surface area contributed by atoms with Crippen molar-refractivity contribution in [1.29, 1.82) is 0 Å². The lowest BCUT2D eigenvalue weighted by Crippen LogP contribution is -2.37. The molecule has 0 spiro atoms. The molecule has 2 heterocycles. The molecule has 1 aliphatic heterocycles. The van der Waals surface area contributed by atoms with Gasteiger partial charge in [0.25, 0.3) is 5.91 Å². The summed E-state index contributed by atoms with van der Waals surface area (Å²) < 4.78 is 28.0. The fraction of sp³-hybridized carbons (Fsp3) is 0.429. The van der Waals surface area contributed by atoms with Crippen LogP contribution in [0.1, 0.15) is 54.2 Å². The number of rotatable bonds is 10. The predicted molar refractivity (Wildman–Crippen MR) is 149 cm³/mol. The average molecular weight is 541 g/mol. The van der Waals surface area contributed by atoms with Crippen LogP contribution >= 0.6 is 11.3 Å². The maximum Gasteiger partial charge on any atom is 0.257 e. The fourth-order valence-corrected chi connectivity index (χ4v) is 7.27. The van der Waals surface area contributed by atoms with Crippen molar-refractivity contribution in [3.8, 4) is 0 Å². The highest BCUT2D eigenvalue weighted by atomic mass is 32.2. The summed E-state index contributed by atoms with van der Waals surface area (Å²) in [6.45, 7) is 11.6. The van der Waals surface area contributed by atoms with Gasteiger partial charge in [0.2, 0.25) is 10.0 Å². The minimum atomic E-state index is -3.64. The zero-order chi connectivity index (χ0) is 26.6. The molecule has 198 valence electrons. The van der Waals surface area contributed by atoms with Crippen LogP contribution in [0.3, 0.4) is 0 Å². The first-order chi connectivity index (χ1) is 17.6. The van der Waals surface area contributed by atoms with E-state index in [9.17, 15) is 13.2 Å². The highest BCUT2D eigenvalue weighted by Gasteiger charge is 2.26. The molecule has 0 bridgehead atoms. The summed E-state index contributed by atoms with van der Waals surface area (Å²) in [7, 11) is -3.64. The fourth-order valence-electron chi connectivity index (χ4n) is 4.46. The van der Waals surface area contributed by atoms with Crippen LogP contribution in [0.2, 0.25) is 0 Å². The molecule has 1 N–H and O–H groups in total. The maximum atomic E-state index is 13.2. The quantitative estimate of drug-likeness (QED) is 0.380. The van der Waals surface area contributed by atoms with Crippen LogP contribution in [-0.2, 0) is 29.5 Å². The number of nitrogens with one attached hydrogen (secondary N) is 1. The SMILES string of the molecule is CC(C)CN(CC(C)C)S(=O)(=O)c1ccc(C(=O)Nc2nc3c(s2)CN(Cc2ccccc2)CC3)cc1. The maximum absolute atomic E-state index is 13.2. The first kappa shape index (κ1) is 27.4. The third-order valence-corrected chi connectivity index (χ3v) is 9.02. The number of carbonyl (C=O) groups excluding carboxylic acids is 1. The Morgan fingerprint density at radius 2 is 1.68 bits per heavy atom. The molecule has 3 aromatic rings. The Balaban J connectivity index is 1.41. The molecule has 7 nitrogen and oxygen atoms in total. The van der Waals surface area contributed by atoms with Crippen LogP contribution in [0.5, 0.6) is 0 Å². The van der Waals surface area contributed by atoms with Crippen molar-refractivity contribution in [2.24, 2.45) is 11.8 Å². The number of thiazole rings is 1. The number of nitrogens with zero attached hydrogens (tertiary/aromatic N) is 3. The monoisotopic (exact) mass is 540 g/mol. The summed E-state index contributed by atoms with van der Waals surface area (Å²) >= 11 is 1.51. The first-order valence-corrected chi connectivity index (χ1v) is 15.0. The molecule has 2 aromatic carbocycles. The minimum Gasteiger partial charge on any atom is -0.298 e. The first-order valence-electron chi connectivity index (χ1n) is 12.8. The summed E-state index contributed by atoms with van der Waals surface area (Å²) in [5.74, 6) is 0.138. The normalized spacial score (nSPS) is 14.4. The molecule has 0 fully saturated rings. The number of hydrogen-bond donors (Lipinski definition) is 1. The number of amides is 1. The second-order valence-corrected chi connectivity index (χ2v) is 13.4. The van der Waals surface area contributed by atoms with Gasteiger partial charge in [-0.1, -0.05) is 58.0 Å². The van der Waals surface area contributed by atoms with E-state index in [4.69, 9.17) is 0 Å². The molecule has 0 saturated heterocycles. The van der Waals surface area contributed by atoms with Gasteiger partial charge >= 0.3 is 0 Å². The van der Waals surface area contributed by atoms with Crippen molar-refractivity contribution >= 4 is 32.4 Å². The van der Waals surface area contributed by atoms with Gasteiger partial charge in [0.05, 0.1) is 10.6 Å². The van der Waals surface area contributed by atoms with Gasteiger partial charge in [0, 0.05) is 49.6 Å². The summed E-state index contributed by atoms with van der Waals surface area (Å²) in [4.78, 5) is 21.3. The molecule has 9 heteroatoms. The molecular formula is C28H36N4O3S2. The van der Waals surface area contributed by atoms with E-state index in [-0.39, 0.29) is 22.6 Å². The van der Waals surface area contributed by atoms with Crippen LogP contribution in [0.4, 0.5) is 5.13 Å². The van der Waals surface area contributed by atoms with Gasteiger partial charge in [0.15, 0.2) is 5.13 Å². The molecule has 0 saturated carbocycles. The van der Waals surface area contributed by atoms with Crippen molar-refractivity contribution in [3.63, 3.8) is 0 Å². The smallest absolute Gasteiger partial charge is 0.257 e. The van der Waals surface area contributed by atoms with Gasteiger partial charge in [-0.05, 0) is 41.7 Å². The van der Waals surface area contributed by atoms with Gasteiger partial charge in [-0.15, -0.1) is 11.3 Å². The lowest BCUT2D eigenvalue weighted by atomic mass is 10.1. The Bertz CT molecular complexity index is 1290. The van der Waals surface area contributed by atoms with Gasteiger partial charge in [0.1, 0.15) is 0 Å². The Morgan fingerprint density at radius 1 is 1.03 bits per heavy atom. The zero-order valence-corrected chi connectivity index (χ0v) is 23.6. The van der Waals surface area contributed by atoms with Gasteiger partial charge in [-0.25, -0.2) is 13.4 Å². The summed E-state index contributed by atoms with van der Waals surface area (Å²) in [5.41, 5.74) is 2.73. The number of benzene rings is 2. The lowest BCUT2D eigenvalue weighted by Gasteiger charge is -2.25. The molecule has 1 aromatic heterocycles. The number of aromatic nitrogens is 1. The van der Waals surface area contributed by atoms with E-state index in [0.717, 1.165) is 31.7 Å². The van der Waals surface area contributed by atoms with Crippen LogP contribution in [0.25, 0.3) is 0 Å². The third-order valence-electron chi connectivity index (χ3n) is 6.17. The largest absolute Gasteiger partial charge is 0.298 e. The van der Waals surface area contributed by atoms with E-state index in [1.807, 2.05) is 33.8 Å². The van der Waals surface area contributed by atoms with E-state index in [0.29, 0.717) is 23.8 Å². The molecule has 37 heavy (non-hydrogen) atoms. The lowest BCUT2D eigenvalue weighted by molar-refractivity contribution is 0.102. The van der Waals surface area contributed by atoms with Gasteiger partial charge in [-0.2, -0.15) is 4.31 Å². The molecule has 0 atom stereocenters. The van der Waals surface area contributed by atoms with Crippen molar-refractivity contribution in [1.82, 2.24) is 14.2 Å². The Labute approximate surface area is 224 Å². The van der Waals surface area contributed by atoms with E-state index in [2.05, 4.69) is 39.5 Å². The topological polar surface area (TPSA) is 82.6 Å². The van der Waals surface area contributed by atoms with Crippen molar-refractivity contribution in [3.05, 3.63) is 76.3 Å². The Hall–Kier alpha value is -2.59. The molecular weight excluding hydrogens is 504 g/mol. The molecule has 4 rings (SSSR count). The third kappa shape index (κ3) is 7.04. The van der Waals surface area contributed by atoms with Crippen LogP contribution in [-0.4, -0.2) is 48.1 Å². The molecule has 1 aliphatic rings. The molecule has 0 radical (unpaired) electrons. The van der Waals surface area contributed by atoms with Gasteiger partial charge < -0.3 is 0 Å². The van der Waals surface area contributed by atoms with E-state index < -0.39 is 10.0 Å². The van der Waals surface area contributed by atoms with Crippen molar-refractivity contribution < 1.29 is 13.2 Å². The number of carbonyl (C=O) groups is 1. The number of anilines is 1. The van der Waals surface area contributed by atoms with Crippen LogP contribution < -0.4 is 5.32 Å². The number of sulfonamides is 1. The second kappa shape index (κ2) is 11.9. The van der Waals surface area contributed by atoms with E-state index >= 15 is 0 Å². The zero-order valence-electron chi connectivity index (χ0n) is 22.0. The highest BCUT2D eigenvalue weighted by Crippen LogP contribution is 2.29. The summed E-state index contributed by atoms with van der Waals surface area (Å²) in [6.07, 6.45) is 0.852. The van der Waals surface area contributed by atoms with Crippen LogP contribution in [0, 0.1) is 11.8 Å². The summed E-state index contributed by atoms with van der Waals surface area (Å²) in [6, 6.07) is 16.6. The van der Waals surface area contributed by atoms with E-state index in [1.54, 1.807) is 16.4 Å². The van der Waals surface area contributed by atoms with Crippen molar-refractivity contribution in [2.75, 3.05) is 25.0 Å². The van der Waals surface area contributed by atoms with E-state index in [1.165, 1.54) is 33.9 Å². The number of hydrogen-bond acceptors (Lipinski definition) is 6. The molecule has 0 aliphatic carbocycles. The molecule has 0 unspecified atom stereocenters. The Kier molecular flexibility index (Phi) is 8.79. The van der Waals surface area contributed by atoms with Crippen LogP contribution in [0.15, 0.2) is 59.5 Å².